The van der Waals surface area contributed by atoms with Gasteiger partial charge in [0.25, 0.3) is 0 Å². The number of carbonyl (C=O) groups is 1. The van der Waals surface area contributed by atoms with Crippen molar-refractivity contribution in [1.82, 2.24) is 0 Å². The number of carboxylic acids is 1. The quantitative estimate of drug-likeness (QED) is 0.203. The molecule has 0 amide bonds. The number of aliphatic carboxylic acids is 1. The van der Waals surface area contributed by atoms with Crippen LogP contribution in [-0.4, -0.2) is 17.7 Å². The highest BCUT2D eigenvalue weighted by molar-refractivity contribution is 6.30. The van der Waals surface area contributed by atoms with Crippen molar-refractivity contribution in [2.45, 2.75) is 31.5 Å². The summed E-state index contributed by atoms with van der Waals surface area (Å²) in [4.78, 5) is 11.4. The Labute approximate surface area is 243 Å². The first-order valence-corrected chi connectivity index (χ1v) is 13.7. The van der Waals surface area contributed by atoms with Crippen LogP contribution in [0.2, 0.25) is 5.02 Å². The Morgan fingerprint density at radius 3 is 2.39 bits per heavy atom. The lowest BCUT2D eigenvalue weighted by Gasteiger charge is -2.43. The van der Waals surface area contributed by atoms with Crippen LogP contribution in [0.25, 0.3) is 0 Å². The van der Waals surface area contributed by atoms with Crippen LogP contribution in [0.3, 0.4) is 0 Å². The van der Waals surface area contributed by atoms with Crippen LogP contribution in [0, 0.1) is 11.7 Å². The van der Waals surface area contributed by atoms with Gasteiger partial charge < -0.3 is 19.3 Å². The van der Waals surface area contributed by atoms with Gasteiger partial charge in [-0.1, -0.05) is 66.2 Å². The topological polar surface area (TPSA) is 65.0 Å². The van der Waals surface area contributed by atoms with Gasteiger partial charge in [0.1, 0.15) is 23.1 Å². The third kappa shape index (κ3) is 6.79. The second-order valence-corrected chi connectivity index (χ2v) is 10.6. The zero-order valence-electron chi connectivity index (χ0n) is 22.5. The van der Waals surface area contributed by atoms with Crippen LogP contribution in [0.1, 0.15) is 48.2 Å². The van der Waals surface area contributed by atoms with Crippen molar-refractivity contribution in [3.8, 4) is 17.2 Å². The molecule has 0 bridgehead atoms. The number of hydrogen-bond donors (Lipinski definition) is 1. The second kappa shape index (κ2) is 12.6. The van der Waals surface area contributed by atoms with Crippen molar-refractivity contribution in [2.24, 2.45) is 5.92 Å². The number of rotatable bonds is 9. The van der Waals surface area contributed by atoms with Gasteiger partial charge in [-0.25, -0.2) is 9.18 Å². The van der Waals surface area contributed by atoms with Gasteiger partial charge in [0.15, 0.2) is 6.61 Å². The molecular formula is C34H30ClFO5. The molecule has 210 valence electrons. The molecule has 5 nitrogen and oxygen atoms in total. The van der Waals surface area contributed by atoms with E-state index in [-0.39, 0.29) is 17.7 Å². The summed E-state index contributed by atoms with van der Waals surface area (Å²) >= 11 is 6.38. The number of carboxylic acid groups (broad SMARTS) is 1. The molecule has 1 aliphatic heterocycles. The Morgan fingerprint density at radius 2 is 1.71 bits per heavy atom. The molecule has 4 aromatic carbocycles. The van der Waals surface area contributed by atoms with E-state index < -0.39 is 24.8 Å². The molecule has 41 heavy (non-hydrogen) atoms. The fraction of sp³-hybridized carbons (Fsp3) is 0.206. The van der Waals surface area contributed by atoms with E-state index in [1.54, 1.807) is 24.3 Å². The lowest BCUT2D eigenvalue weighted by Crippen LogP contribution is -2.32. The van der Waals surface area contributed by atoms with Crippen LogP contribution in [0.15, 0.2) is 109 Å². The molecule has 1 fully saturated rings. The fourth-order valence-electron chi connectivity index (χ4n) is 5.34. The summed E-state index contributed by atoms with van der Waals surface area (Å²) in [7, 11) is 0. The Kier molecular flexibility index (Phi) is 8.72. The maximum absolute atomic E-state index is 13.9. The van der Waals surface area contributed by atoms with Gasteiger partial charge in [0.2, 0.25) is 0 Å². The highest BCUT2D eigenvalue weighted by Crippen LogP contribution is 2.53. The first-order chi connectivity index (χ1) is 19.8. The minimum absolute atomic E-state index is 0.107. The van der Waals surface area contributed by atoms with E-state index in [0.717, 1.165) is 16.7 Å². The maximum Gasteiger partial charge on any atom is 0.341 e. The summed E-state index contributed by atoms with van der Waals surface area (Å²) in [6, 6.07) is 28.6. The van der Waals surface area contributed by atoms with Crippen LogP contribution < -0.4 is 9.47 Å². The van der Waals surface area contributed by atoms with E-state index in [9.17, 15) is 14.3 Å². The van der Waals surface area contributed by atoms with Crippen LogP contribution in [0.4, 0.5) is 4.39 Å². The van der Waals surface area contributed by atoms with Gasteiger partial charge >= 0.3 is 5.97 Å². The molecule has 1 aliphatic rings. The van der Waals surface area contributed by atoms with E-state index in [0.29, 0.717) is 34.3 Å². The first-order valence-electron chi connectivity index (χ1n) is 13.3. The Hall–Kier alpha value is -4.13. The smallest absolute Gasteiger partial charge is 0.341 e. The van der Waals surface area contributed by atoms with Crippen molar-refractivity contribution in [3.05, 3.63) is 137 Å². The molecule has 1 heterocycles. The van der Waals surface area contributed by atoms with Gasteiger partial charge in [-0.05, 0) is 79.1 Å². The minimum atomic E-state index is -1.09. The molecule has 0 saturated carbocycles. The molecule has 1 N–H and O–H groups in total. The van der Waals surface area contributed by atoms with E-state index in [2.05, 4.69) is 6.58 Å². The van der Waals surface area contributed by atoms with Crippen molar-refractivity contribution >= 4 is 17.6 Å². The summed E-state index contributed by atoms with van der Waals surface area (Å²) in [5, 5.41) is 9.94. The molecule has 0 aromatic heterocycles. The molecule has 0 aliphatic carbocycles. The normalized spacial score (nSPS) is 20.3. The molecule has 4 atom stereocenters. The molecule has 0 spiro atoms. The minimum Gasteiger partial charge on any atom is -0.482 e. The highest BCUT2D eigenvalue weighted by Gasteiger charge is 2.42. The van der Waals surface area contributed by atoms with E-state index >= 15 is 0 Å². The summed E-state index contributed by atoms with van der Waals surface area (Å²) in [5.74, 6) is -0.110. The number of para-hydroxylation sites is 1. The van der Waals surface area contributed by atoms with E-state index in [1.807, 2.05) is 67.6 Å². The molecule has 7 heteroatoms. The van der Waals surface area contributed by atoms with Crippen LogP contribution >= 0.6 is 11.6 Å². The monoisotopic (exact) mass is 572 g/mol. The van der Waals surface area contributed by atoms with Gasteiger partial charge in [-0.2, -0.15) is 0 Å². The summed E-state index contributed by atoms with van der Waals surface area (Å²) in [6.07, 6.45) is -0.355. The largest absolute Gasteiger partial charge is 0.482 e. The Balaban J connectivity index is 1.60. The number of ether oxygens (including phenoxy) is 3. The van der Waals surface area contributed by atoms with Gasteiger partial charge in [0, 0.05) is 22.4 Å². The lowest BCUT2D eigenvalue weighted by atomic mass is 9.74. The lowest BCUT2D eigenvalue weighted by molar-refractivity contribution is -0.139. The molecule has 5 rings (SSSR count). The van der Waals surface area contributed by atoms with E-state index in [4.69, 9.17) is 25.8 Å². The van der Waals surface area contributed by atoms with E-state index in [1.165, 1.54) is 12.1 Å². The number of hydrogen-bond acceptors (Lipinski definition) is 4. The van der Waals surface area contributed by atoms with Gasteiger partial charge in [0.05, 0.1) is 12.2 Å². The Bertz CT molecular complexity index is 1520. The maximum atomic E-state index is 13.9. The van der Waals surface area contributed by atoms with Crippen molar-refractivity contribution in [2.75, 3.05) is 6.61 Å². The zero-order chi connectivity index (χ0) is 28.9. The van der Waals surface area contributed by atoms with Crippen molar-refractivity contribution in [1.29, 1.82) is 0 Å². The molecule has 0 unspecified atom stereocenters. The zero-order valence-corrected chi connectivity index (χ0v) is 23.3. The molecule has 4 aromatic rings. The molecular weight excluding hydrogens is 543 g/mol. The average Bonchev–Trinajstić information content (AvgIpc) is 2.96. The average molecular weight is 573 g/mol. The third-order valence-corrected chi connectivity index (χ3v) is 7.49. The van der Waals surface area contributed by atoms with Crippen molar-refractivity contribution in [3.63, 3.8) is 0 Å². The predicted molar refractivity (Wildman–Crippen MR) is 156 cm³/mol. The van der Waals surface area contributed by atoms with Crippen molar-refractivity contribution < 1.29 is 28.5 Å². The summed E-state index contributed by atoms with van der Waals surface area (Å²) < 4.78 is 32.7. The van der Waals surface area contributed by atoms with Gasteiger partial charge in [-0.15, -0.1) is 0 Å². The number of benzene rings is 4. The second-order valence-electron chi connectivity index (χ2n) is 10.2. The third-order valence-electron chi connectivity index (χ3n) is 7.26. The standard InChI is InChI=1S/C34H30ClFO5/c1-21(2)28-19-29(23-7-6-8-24(35)17-23)33(22-11-13-25(36)14-12-22)41-34(28)30-18-27(40-26-9-4-3-5-10-26)15-16-31(30)39-20-32(37)38/h3-18,28-29,33-34H,1,19-20H2,2H3,(H,37,38)/t28-,29-,33+,34+/m1/s1. The molecule has 1 saturated heterocycles. The highest BCUT2D eigenvalue weighted by atomic mass is 35.5. The van der Waals surface area contributed by atoms with Gasteiger partial charge in [-0.3, -0.25) is 0 Å². The summed E-state index contributed by atoms with van der Waals surface area (Å²) in [6.45, 7) is 5.73. The van der Waals surface area contributed by atoms with Crippen LogP contribution in [-0.2, 0) is 9.53 Å². The predicted octanol–water partition coefficient (Wildman–Crippen LogP) is 8.91. The SMILES string of the molecule is C=C(C)[C@H]1C[C@H](c2cccc(Cl)c2)[C@H](c2ccc(F)cc2)O[C@@H]1c1cc(Oc2ccccc2)ccc1OCC(=O)O. The van der Waals surface area contributed by atoms with Crippen LogP contribution in [0.5, 0.6) is 17.2 Å². The summed E-state index contributed by atoms with van der Waals surface area (Å²) in [5.41, 5.74) is 3.36. The Morgan fingerprint density at radius 1 is 0.951 bits per heavy atom. The number of halogens is 2. The first kappa shape index (κ1) is 28.4. The molecule has 0 radical (unpaired) electrons. The fourth-order valence-corrected chi connectivity index (χ4v) is 5.54.